The molecular formula is C15H14ClN3O2S. The van der Waals surface area contributed by atoms with Crippen molar-refractivity contribution in [2.45, 2.75) is 17.4 Å². The molecule has 3 heterocycles. The molecule has 1 fully saturated rings. The first kappa shape index (κ1) is 13.8. The van der Waals surface area contributed by atoms with E-state index in [4.69, 9.17) is 11.6 Å². The minimum Gasteiger partial charge on any atom is -0.366 e. The summed E-state index contributed by atoms with van der Waals surface area (Å²) in [5.41, 5.74) is 1.59. The van der Waals surface area contributed by atoms with Crippen molar-refractivity contribution < 1.29 is 8.42 Å². The van der Waals surface area contributed by atoms with Crippen LogP contribution in [0.25, 0.3) is 0 Å². The molecule has 0 N–H and O–H groups in total. The van der Waals surface area contributed by atoms with Crippen LogP contribution in [-0.4, -0.2) is 32.5 Å². The summed E-state index contributed by atoms with van der Waals surface area (Å²) in [6.07, 6.45) is 4.19. The molecule has 1 atom stereocenters. The number of benzene rings is 1. The molecule has 5 nitrogen and oxygen atoms in total. The highest BCUT2D eigenvalue weighted by molar-refractivity contribution is 7.92. The normalized spacial score (nSPS) is 20.1. The van der Waals surface area contributed by atoms with Crippen LogP contribution >= 0.6 is 11.6 Å². The molecule has 1 aromatic carbocycles. The summed E-state index contributed by atoms with van der Waals surface area (Å²) < 4.78 is 27.7. The lowest BCUT2D eigenvalue weighted by atomic mass is 10.2. The molecule has 4 rings (SSSR count). The van der Waals surface area contributed by atoms with Gasteiger partial charge in [0.05, 0.1) is 28.5 Å². The molecule has 0 spiro atoms. The fourth-order valence-electron chi connectivity index (χ4n) is 3.20. The summed E-state index contributed by atoms with van der Waals surface area (Å²) in [6.45, 7) is 1.57. The monoisotopic (exact) mass is 335 g/mol. The summed E-state index contributed by atoms with van der Waals surface area (Å²) in [5, 5.41) is 0.522. The van der Waals surface area contributed by atoms with Crippen LogP contribution in [0.15, 0.2) is 47.6 Å². The average molecular weight is 336 g/mol. The highest BCUT2D eigenvalue weighted by atomic mass is 35.5. The van der Waals surface area contributed by atoms with Crippen LogP contribution in [0.5, 0.6) is 0 Å². The predicted octanol–water partition coefficient (Wildman–Crippen LogP) is 2.52. The van der Waals surface area contributed by atoms with Crippen LogP contribution in [0.1, 0.15) is 6.42 Å². The first-order chi connectivity index (χ1) is 10.6. The van der Waals surface area contributed by atoms with Gasteiger partial charge in [0.1, 0.15) is 0 Å². The fraction of sp³-hybridized carbons (Fsp3) is 0.267. The van der Waals surface area contributed by atoms with Gasteiger partial charge in [-0.1, -0.05) is 11.6 Å². The number of fused-ring (bicyclic) bond motifs is 4. The second-order valence-electron chi connectivity index (χ2n) is 5.51. The Hall–Kier alpha value is -1.79. The van der Waals surface area contributed by atoms with Gasteiger partial charge < -0.3 is 4.90 Å². The third-order valence-electron chi connectivity index (χ3n) is 4.22. The Morgan fingerprint density at radius 1 is 1.14 bits per heavy atom. The van der Waals surface area contributed by atoms with Crippen molar-refractivity contribution >= 4 is 33.0 Å². The molecule has 1 saturated heterocycles. The molecule has 0 radical (unpaired) electrons. The van der Waals surface area contributed by atoms with Crippen molar-refractivity contribution in [2.24, 2.45) is 0 Å². The van der Waals surface area contributed by atoms with E-state index < -0.39 is 10.0 Å². The van der Waals surface area contributed by atoms with Gasteiger partial charge in [0.15, 0.2) is 0 Å². The van der Waals surface area contributed by atoms with Crippen LogP contribution in [0.3, 0.4) is 0 Å². The molecule has 2 aromatic rings. The number of pyridine rings is 1. The zero-order chi connectivity index (χ0) is 15.3. The lowest BCUT2D eigenvalue weighted by molar-refractivity contribution is 0.578. The minimum absolute atomic E-state index is 0.0319. The maximum Gasteiger partial charge on any atom is 0.264 e. The summed E-state index contributed by atoms with van der Waals surface area (Å²) in [6, 6.07) is 8.06. The largest absolute Gasteiger partial charge is 0.366 e. The molecule has 1 unspecified atom stereocenters. The molecule has 2 aliphatic rings. The smallest absolute Gasteiger partial charge is 0.264 e. The van der Waals surface area contributed by atoms with E-state index in [0.717, 1.165) is 18.7 Å². The number of sulfonamides is 1. The second-order valence-corrected chi connectivity index (χ2v) is 7.76. The Kier molecular flexibility index (Phi) is 3.06. The van der Waals surface area contributed by atoms with Gasteiger partial charge >= 0.3 is 0 Å². The number of nitrogens with zero attached hydrogens (tertiary/aromatic N) is 3. The summed E-state index contributed by atoms with van der Waals surface area (Å²) in [5.74, 6) is 0. The quantitative estimate of drug-likeness (QED) is 0.846. The molecular weight excluding hydrogens is 322 g/mol. The van der Waals surface area contributed by atoms with Crippen molar-refractivity contribution in [3.05, 3.63) is 47.7 Å². The van der Waals surface area contributed by atoms with Gasteiger partial charge in [-0.25, -0.2) is 8.42 Å². The maximum atomic E-state index is 13.1. The first-order valence-corrected chi connectivity index (χ1v) is 8.88. The third-order valence-corrected chi connectivity index (χ3v) is 6.35. The maximum absolute atomic E-state index is 13.1. The lowest BCUT2D eigenvalue weighted by Crippen LogP contribution is -2.45. The summed E-state index contributed by atoms with van der Waals surface area (Å²) >= 11 is 5.87. The minimum atomic E-state index is -3.61. The van der Waals surface area contributed by atoms with E-state index in [2.05, 4.69) is 9.88 Å². The van der Waals surface area contributed by atoms with E-state index in [1.807, 2.05) is 0 Å². The number of halogens is 1. The Bertz CT molecular complexity index is 823. The standard InChI is InChI=1S/C15H14ClN3O2S/c16-11-1-3-13(4-2-11)22(20,21)19-12-6-8-18(10-12)15-9-17-7-5-14(15)19/h1-5,7,9,12H,6,8,10H2. The molecule has 0 aliphatic carbocycles. The van der Waals surface area contributed by atoms with E-state index in [-0.39, 0.29) is 10.9 Å². The van der Waals surface area contributed by atoms with Crippen LogP contribution in [0, 0.1) is 0 Å². The SMILES string of the molecule is O=S(=O)(c1ccc(Cl)cc1)N1c2ccncc2N2CCC1C2. The molecule has 22 heavy (non-hydrogen) atoms. The van der Waals surface area contributed by atoms with Crippen LogP contribution in [0.2, 0.25) is 5.02 Å². The van der Waals surface area contributed by atoms with E-state index in [9.17, 15) is 8.42 Å². The van der Waals surface area contributed by atoms with Crippen molar-refractivity contribution in [3.8, 4) is 0 Å². The average Bonchev–Trinajstić information content (AvgIpc) is 2.92. The molecule has 0 amide bonds. The van der Waals surface area contributed by atoms with Crippen molar-refractivity contribution in [1.82, 2.24) is 4.98 Å². The number of anilines is 2. The Labute approximate surface area is 134 Å². The van der Waals surface area contributed by atoms with Gasteiger partial charge in [-0.2, -0.15) is 0 Å². The fourth-order valence-corrected chi connectivity index (χ4v) is 5.01. The van der Waals surface area contributed by atoms with Crippen LogP contribution < -0.4 is 9.21 Å². The molecule has 114 valence electrons. The van der Waals surface area contributed by atoms with E-state index >= 15 is 0 Å². The van der Waals surface area contributed by atoms with Gasteiger partial charge in [0.2, 0.25) is 0 Å². The van der Waals surface area contributed by atoms with E-state index in [1.165, 1.54) is 0 Å². The van der Waals surface area contributed by atoms with E-state index in [0.29, 0.717) is 17.3 Å². The van der Waals surface area contributed by atoms with Crippen LogP contribution in [-0.2, 0) is 10.0 Å². The van der Waals surface area contributed by atoms with Gasteiger partial charge in [0, 0.05) is 24.3 Å². The van der Waals surface area contributed by atoms with Gasteiger partial charge in [-0.05, 0) is 36.8 Å². The Morgan fingerprint density at radius 2 is 1.91 bits per heavy atom. The summed E-state index contributed by atoms with van der Waals surface area (Å²) in [7, 11) is -3.61. The molecule has 7 heteroatoms. The number of rotatable bonds is 2. The molecule has 0 saturated carbocycles. The number of hydrogen-bond donors (Lipinski definition) is 0. The lowest BCUT2D eigenvalue weighted by Gasteiger charge is -2.37. The Morgan fingerprint density at radius 3 is 2.68 bits per heavy atom. The Balaban J connectivity index is 1.87. The number of hydrogen-bond acceptors (Lipinski definition) is 4. The zero-order valence-electron chi connectivity index (χ0n) is 11.7. The predicted molar refractivity (Wildman–Crippen MR) is 86.0 cm³/mol. The summed E-state index contributed by atoms with van der Waals surface area (Å²) in [4.78, 5) is 6.59. The first-order valence-electron chi connectivity index (χ1n) is 7.06. The van der Waals surface area contributed by atoms with E-state index in [1.54, 1.807) is 47.0 Å². The topological polar surface area (TPSA) is 53.5 Å². The molecule has 1 aromatic heterocycles. The van der Waals surface area contributed by atoms with Gasteiger partial charge in [0.25, 0.3) is 10.0 Å². The molecule has 2 bridgehead atoms. The van der Waals surface area contributed by atoms with Crippen molar-refractivity contribution in [1.29, 1.82) is 0 Å². The second kappa shape index (κ2) is 4.86. The van der Waals surface area contributed by atoms with Gasteiger partial charge in [-0.3, -0.25) is 9.29 Å². The zero-order valence-corrected chi connectivity index (χ0v) is 13.3. The van der Waals surface area contributed by atoms with Crippen molar-refractivity contribution in [2.75, 3.05) is 22.3 Å². The van der Waals surface area contributed by atoms with Gasteiger partial charge in [-0.15, -0.1) is 0 Å². The highest BCUT2D eigenvalue weighted by Gasteiger charge is 2.42. The molecule has 2 aliphatic heterocycles. The highest BCUT2D eigenvalue weighted by Crippen LogP contribution is 2.42. The van der Waals surface area contributed by atoms with Crippen LogP contribution in [0.4, 0.5) is 11.4 Å². The van der Waals surface area contributed by atoms with Crippen molar-refractivity contribution in [3.63, 3.8) is 0 Å². The number of aromatic nitrogens is 1. The third kappa shape index (κ3) is 1.98.